The Morgan fingerprint density at radius 3 is 2.41 bits per heavy atom. The van der Waals surface area contributed by atoms with Crippen molar-refractivity contribution in [3.8, 4) is 0 Å². The fourth-order valence-corrected chi connectivity index (χ4v) is 1.81. The summed E-state index contributed by atoms with van der Waals surface area (Å²) in [6.07, 6.45) is 0. The Morgan fingerprint density at radius 2 is 1.88 bits per heavy atom. The first-order valence-electron chi connectivity index (χ1n) is 5.93. The average molecular weight is 235 g/mol. The number of benzene rings is 1. The van der Waals surface area contributed by atoms with Gasteiger partial charge in [-0.15, -0.1) is 0 Å². The van der Waals surface area contributed by atoms with Crippen LogP contribution in [0.1, 0.15) is 25.5 Å². The highest BCUT2D eigenvalue weighted by molar-refractivity contribution is 5.71. The Morgan fingerprint density at radius 1 is 1.24 bits per heavy atom. The third-order valence-electron chi connectivity index (χ3n) is 2.61. The molecule has 1 aromatic rings. The van der Waals surface area contributed by atoms with E-state index in [9.17, 15) is 4.79 Å². The molecule has 2 amide bonds. The van der Waals surface area contributed by atoms with Crippen LogP contribution in [0.25, 0.3) is 0 Å². The summed E-state index contributed by atoms with van der Waals surface area (Å²) < 4.78 is 0. The van der Waals surface area contributed by atoms with Crippen LogP contribution in [-0.4, -0.2) is 19.1 Å². The lowest BCUT2D eigenvalue weighted by molar-refractivity contribution is 0.248. The number of urea groups is 1. The molecule has 1 atom stereocenters. The summed E-state index contributed by atoms with van der Waals surface area (Å²) in [6.45, 7) is 5.60. The van der Waals surface area contributed by atoms with Gasteiger partial charge in [0, 0.05) is 19.1 Å². The van der Waals surface area contributed by atoms with Gasteiger partial charge in [-0.25, -0.2) is 4.79 Å². The summed E-state index contributed by atoms with van der Waals surface area (Å²) in [5.41, 5.74) is 6.27. The molecule has 0 radical (unpaired) electrons. The van der Waals surface area contributed by atoms with E-state index >= 15 is 0 Å². The van der Waals surface area contributed by atoms with E-state index in [-0.39, 0.29) is 0 Å². The van der Waals surface area contributed by atoms with Crippen LogP contribution in [0.5, 0.6) is 0 Å². The summed E-state index contributed by atoms with van der Waals surface area (Å²) in [4.78, 5) is 10.5. The van der Waals surface area contributed by atoms with Gasteiger partial charge in [0.15, 0.2) is 0 Å². The first-order chi connectivity index (χ1) is 8.11. The van der Waals surface area contributed by atoms with Crippen LogP contribution in [0.3, 0.4) is 0 Å². The normalized spacial score (nSPS) is 12.4. The lowest BCUT2D eigenvalue weighted by atomic mass is 9.96. The Bertz CT molecular complexity index is 338. The van der Waals surface area contributed by atoms with Crippen molar-refractivity contribution in [2.75, 3.05) is 13.1 Å². The number of carbonyl (C=O) groups excluding carboxylic acids is 1. The molecule has 0 aliphatic carbocycles. The molecule has 0 bridgehead atoms. The number of nitrogens with two attached hydrogens (primary N) is 1. The van der Waals surface area contributed by atoms with E-state index < -0.39 is 6.03 Å². The Kier molecular flexibility index (Phi) is 5.49. The molecule has 0 heterocycles. The molecule has 1 rings (SSSR count). The minimum absolute atomic E-state index is 0.297. The predicted molar refractivity (Wildman–Crippen MR) is 69.6 cm³/mol. The number of carbonyl (C=O) groups is 1. The van der Waals surface area contributed by atoms with E-state index in [0.29, 0.717) is 25.0 Å². The number of nitrogens with one attached hydrogen (secondary N) is 2. The molecule has 0 saturated heterocycles. The molecule has 4 N–H and O–H groups in total. The standard InChI is InChI=1S/C13H21N3O/c1-10(2)12(11-6-4-3-5-7-11)15-8-9-16-13(14)17/h3-7,10,12,15H,8-9H2,1-2H3,(H3,14,16,17). The first kappa shape index (κ1) is 13.5. The van der Waals surface area contributed by atoms with Gasteiger partial charge in [0.2, 0.25) is 0 Å². The predicted octanol–water partition coefficient (Wildman–Crippen LogP) is 1.64. The van der Waals surface area contributed by atoms with Crippen LogP contribution in [0.15, 0.2) is 30.3 Å². The minimum Gasteiger partial charge on any atom is -0.352 e. The van der Waals surface area contributed by atoms with Crippen molar-refractivity contribution < 1.29 is 4.79 Å². The number of rotatable bonds is 6. The Hall–Kier alpha value is -1.55. The van der Waals surface area contributed by atoms with Crippen molar-refractivity contribution >= 4 is 6.03 Å². The van der Waals surface area contributed by atoms with Gasteiger partial charge in [-0.2, -0.15) is 0 Å². The van der Waals surface area contributed by atoms with Crippen LogP contribution in [0.2, 0.25) is 0 Å². The third-order valence-corrected chi connectivity index (χ3v) is 2.61. The molecule has 4 heteroatoms. The van der Waals surface area contributed by atoms with E-state index in [0.717, 1.165) is 0 Å². The number of amides is 2. The van der Waals surface area contributed by atoms with Crippen molar-refractivity contribution in [3.05, 3.63) is 35.9 Å². The van der Waals surface area contributed by atoms with Crippen LogP contribution in [0.4, 0.5) is 4.79 Å². The Labute approximate surface area is 103 Å². The molecular formula is C13H21N3O. The zero-order valence-electron chi connectivity index (χ0n) is 10.4. The number of hydrogen-bond acceptors (Lipinski definition) is 2. The van der Waals surface area contributed by atoms with Crippen LogP contribution < -0.4 is 16.4 Å². The SMILES string of the molecule is CC(C)C(NCCNC(N)=O)c1ccccc1. The van der Waals surface area contributed by atoms with Gasteiger partial charge >= 0.3 is 6.03 Å². The van der Waals surface area contributed by atoms with Crippen LogP contribution in [-0.2, 0) is 0 Å². The summed E-state index contributed by atoms with van der Waals surface area (Å²) in [5.74, 6) is 0.492. The van der Waals surface area contributed by atoms with Gasteiger partial charge in [-0.3, -0.25) is 0 Å². The minimum atomic E-state index is -0.479. The fourth-order valence-electron chi connectivity index (χ4n) is 1.81. The van der Waals surface area contributed by atoms with Crippen molar-refractivity contribution in [2.45, 2.75) is 19.9 Å². The molecule has 0 saturated carbocycles. The maximum absolute atomic E-state index is 10.5. The smallest absolute Gasteiger partial charge is 0.312 e. The lowest BCUT2D eigenvalue weighted by Crippen LogP contribution is -2.37. The molecule has 4 nitrogen and oxygen atoms in total. The van der Waals surface area contributed by atoms with E-state index in [1.165, 1.54) is 5.56 Å². The highest BCUT2D eigenvalue weighted by Gasteiger charge is 2.14. The van der Waals surface area contributed by atoms with Gasteiger partial charge < -0.3 is 16.4 Å². The second-order valence-corrected chi connectivity index (χ2v) is 4.38. The van der Waals surface area contributed by atoms with Gasteiger partial charge in [0.25, 0.3) is 0 Å². The quantitative estimate of drug-likeness (QED) is 0.656. The third kappa shape index (κ3) is 4.87. The summed E-state index contributed by atoms with van der Waals surface area (Å²) in [6, 6.07) is 10.1. The number of primary amides is 1. The molecule has 0 aromatic heterocycles. The van der Waals surface area contributed by atoms with Gasteiger partial charge in [0.05, 0.1) is 0 Å². The fraction of sp³-hybridized carbons (Fsp3) is 0.462. The molecule has 17 heavy (non-hydrogen) atoms. The van der Waals surface area contributed by atoms with E-state index in [1.807, 2.05) is 18.2 Å². The van der Waals surface area contributed by atoms with Crippen molar-refractivity contribution in [1.82, 2.24) is 10.6 Å². The van der Waals surface area contributed by atoms with Gasteiger partial charge in [0.1, 0.15) is 0 Å². The molecule has 0 spiro atoms. The van der Waals surface area contributed by atoms with E-state index in [4.69, 9.17) is 5.73 Å². The molecule has 0 aliphatic heterocycles. The lowest BCUT2D eigenvalue weighted by Gasteiger charge is -2.23. The van der Waals surface area contributed by atoms with E-state index in [2.05, 4.69) is 36.6 Å². The second kappa shape index (κ2) is 6.91. The molecule has 94 valence electrons. The highest BCUT2D eigenvalue weighted by Crippen LogP contribution is 2.20. The molecule has 0 fully saturated rings. The van der Waals surface area contributed by atoms with Crippen molar-refractivity contribution in [2.24, 2.45) is 11.7 Å². The zero-order chi connectivity index (χ0) is 12.7. The zero-order valence-corrected chi connectivity index (χ0v) is 10.4. The summed E-state index contributed by atoms with van der Waals surface area (Å²) >= 11 is 0. The molecular weight excluding hydrogens is 214 g/mol. The van der Waals surface area contributed by atoms with Crippen LogP contribution >= 0.6 is 0 Å². The summed E-state index contributed by atoms with van der Waals surface area (Å²) in [7, 11) is 0. The van der Waals surface area contributed by atoms with Gasteiger partial charge in [-0.05, 0) is 11.5 Å². The van der Waals surface area contributed by atoms with Crippen molar-refractivity contribution in [1.29, 1.82) is 0 Å². The highest BCUT2D eigenvalue weighted by atomic mass is 16.2. The summed E-state index contributed by atoms with van der Waals surface area (Å²) in [5, 5.41) is 5.99. The monoisotopic (exact) mass is 235 g/mol. The topological polar surface area (TPSA) is 67.2 Å². The van der Waals surface area contributed by atoms with Gasteiger partial charge in [-0.1, -0.05) is 44.2 Å². The molecule has 0 aliphatic rings. The first-order valence-corrected chi connectivity index (χ1v) is 5.93. The maximum atomic E-state index is 10.5. The largest absolute Gasteiger partial charge is 0.352 e. The Balaban J connectivity index is 2.48. The number of hydrogen-bond donors (Lipinski definition) is 3. The molecule has 1 aromatic carbocycles. The maximum Gasteiger partial charge on any atom is 0.312 e. The second-order valence-electron chi connectivity index (χ2n) is 4.38. The van der Waals surface area contributed by atoms with Crippen molar-refractivity contribution in [3.63, 3.8) is 0 Å². The van der Waals surface area contributed by atoms with E-state index in [1.54, 1.807) is 0 Å². The van der Waals surface area contributed by atoms with Crippen LogP contribution in [0, 0.1) is 5.92 Å². The molecule has 1 unspecified atom stereocenters. The average Bonchev–Trinajstić information content (AvgIpc) is 2.29.